The number of nitrogens with zero attached hydrogens (tertiary/aromatic N) is 2. The van der Waals surface area contributed by atoms with Gasteiger partial charge in [-0.1, -0.05) is 0 Å². The molecule has 2 aromatic rings. The van der Waals surface area contributed by atoms with Crippen LogP contribution in [0.1, 0.15) is 5.56 Å². The van der Waals surface area contributed by atoms with Crippen LogP contribution >= 0.6 is 0 Å². The van der Waals surface area contributed by atoms with Crippen LogP contribution in [0.3, 0.4) is 0 Å². The van der Waals surface area contributed by atoms with Crippen molar-refractivity contribution in [2.75, 3.05) is 0 Å². The fourth-order valence-electron chi connectivity index (χ4n) is 1.53. The van der Waals surface area contributed by atoms with Crippen LogP contribution in [0.2, 0.25) is 0 Å². The van der Waals surface area contributed by atoms with E-state index in [0.717, 1.165) is 22.2 Å². The minimum Gasteiger partial charge on any atom is -0.382 e. The van der Waals surface area contributed by atoms with Crippen molar-refractivity contribution in [1.29, 1.82) is 0 Å². The summed E-state index contributed by atoms with van der Waals surface area (Å²) in [5.41, 5.74) is 4.62. The molecule has 1 aliphatic rings. The van der Waals surface area contributed by atoms with Gasteiger partial charge in [0.15, 0.2) is 5.75 Å². The van der Waals surface area contributed by atoms with Gasteiger partial charge in [0.2, 0.25) is 0 Å². The van der Waals surface area contributed by atoms with Crippen LogP contribution in [0, 0.1) is 0 Å². The summed E-state index contributed by atoms with van der Waals surface area (Å²) in [4.78, 5) is 13.4. The van der Waals surface area contributed by atoms with Crippen molar-refractivity contribution in [3.05, 3.63) is 36.4 Å². The van der Waals surface area contributed by atoms with Crippen LogP contribution in [-0.2, 0) is 0 Å². The van der Waals surface area contributed by atoms with Gasteiger partial charge in [0.1, 0.15) is 6.33 Å². The number of hydrogen-bond donors (Lipinski definition) is 1. The van der Waals surface area contributed by atoms with Crippen LogP contribution < -0.4 is 10.3 Å². The number of aromatic nitrogens is 2. The SMILES string of the molecule is C1=Cc2c(ccc3ncncc23)ON1. The lowest BCUT2D eigenvalue weighted by molar-refractivity contribution is 0.239. The lowest BCUT2D eigenvalue weighted by atomic mass is 10.1. The normalized spacial score (nSPS) is 13.1. The molecule has 1 aliphatic heterocycles. The van der Waals surface area contributed by atoms with E-state index in [4.69, 9.17) is 4.84 Å². The molecule has 68 valence electrons. The predicted octanol–water partition coefficient (Wildman–Crippen LogP) is 1.50. The first-order valence-electron chi connectivity index (χ1n) is 4.27. The molecular weight excluding hydrogens is 178 g/mol. The van der Waals surface area contributed by atoms with Crippen molar-refractivity contribution in [1.82, 2.24) is 15.4 Å². The third kappa shape index (κ3) is 0.939. The average Bonchev–Trinajstić information content (AvgIpc) is 2.29. The van der Waals surface area contributed by atoms with Crippen molar-refractivity contribution in [2.45, 2.75) is 0 Å². The van der Waals surface area contributed by atoms with E-state index < -0.39 is 0 Å². The van der Waals surface area contributed by atoms with E-state index in [-0.39, 0.29) is 0 Å². The second kappa shape index (κ2) is 2.70. The van der Waals surface area contributed by atoms with Crippen LogP contribution in [-0.4, -0.2) is 9.97 Å². The van der Waals surface area contributed by atoms with Gasteiger partial charge in [-0.25, -0.2) is 15.4 Å². The number of nitrogens with one attached hydrogen (secondary N) is 1. The number of hydroxylamine groups is 1. The number of rotatable bonds is 0. The zero-order valence-electron chi connectivity index (χ0n) is 7.27. The highest BCUT2D eigenvalue weighted by molar-refractivity contribution is 5.90. The van der Waals surface area contributed by atoms with Crippen LogP contribution in [0.15, 0.2) is 30.9 Å². The minimum atomic E-state index is 0.801. The minimum absolute atomic E-state index is 0.801. The number of benzene rings is 1. The molecule has 0 unspecified atom stereocenters. The summed E-state index contributed by atoms with van der Waals surface area (Å²) in [5.74, 6) is 0.801. The number of hydrogen-bond acceptors (Lipinski definition) is 4. The highest BCUT2D eigenvalue weighted by Gasteiger charge is 2.09. The lowest BCUT2D eigenvalue weighted by Gasteiger charge is -2.13. The van der Waals surface area contributed by atoms with Crippen molar-refractivity contribution in [3.8, 4) is 5.75 Å². The van der Waals surface area contributed by atoms with Crippen molar-refractivity contribution >= 4 is 17.0 Å². The van der Waals surface area contributed by atoms with E-state index in [9.17, 15) is 0 Å². The van der Waals surface area contributed by atoms with E-state index >= 15 is 0 Å². The van der Waals surface area contributed by atoms with Gasteiger partial charge in [-0.2, -0.15) is 0 Å². The van der Waals surface area contributed by atoms with Crippen LogP contribution in [0.25, 0.3) is 17.0 Å². The Bertz CT molecular complexity index is 522. The Kier molecular flexibility index (Phi) is 1.41. The molecule has 1 aromatic heterocycles. The zero-order valence-corrected chi connectivity index (χ0v) is 7.27. The molecule has 0 aliphatic carbocycles. The molecule has 0 saturated carbocycles. The summed E-state index contributed by atoms with van der Waals surface area (Å²) < 4.78 is 0. The van der Waals surface area contributed by atoms with Gasteiger partial charge in [-0.05, 0) is 18.2 Å². The Morgan fingerprint density at radius 1 is 1.29 bits per heavy atom. The molecule has 0 radical (unpaired) electrons. The molecule has 0 amide bonds. The third-order valence-corrected chi connectivity index (χ3v) is 2.18. The maximum atomic E-state index is 5.24. The molecule has 2 heterocycles. The Morgan fingerprint density at radius 2 is 2.29 bits per heavy atom. The molecule has 14 heavy (non-hydrogen) atoms. The quantitative estimate of drug-likeness (QED) is 0.675. The maximum Gasteiger partial charge on any atom is 0.163 e. The fraction of sp³-hybridized carbons (Fsp3) is 0. The summed E-state index contributed by atoms with van der Waals surface area (Å²) in [5, 5.41) is 1.00. The fourth-order valence-corrected chi connectivity index (χ4v) is 1.53. The van der Waals surface area contributed by atoms with Crippen LogP contribution in [0.4, 0.5) is 0 Å². The first-order valence-corrected chi connectivity index (χ1v) is 4.27. The van der Waals surface area contributed by atoms with E-state index in [0.29, 0.717) is 0 Å². The van der Waals surface area contributed by atoms with Gasteiger partial charge in [-0.15, -0.1) is 0 Å². The standard InChI is InChI=1S/C10H7N3O/c1-2-10-7(3-4-13-14-10)8-5-11-6-12-9(1)8/h1-6,13H. The van der Waals surface area contributed by atoms with Crippen molar-refractivity contribution < 1.29 is 4.84 Å². The zero-order chi connectivity index (χ0) is 9.38. The summed E-state index contributed by atoms with van der Waals surface area (Å²) in [7, 11) is 0. The van der Waals surface area contributed by atoms with Crippen molar-refractivity contribution in [3.63, 3.8) is 0 Å². The summed E-state index contributed by atoms with van der Waals surface area (Å²) in [6.45, 7) is 0. The third-order valence-electron chi connectivity index (χ3n) is 2.18. The lowest BCUT2D eigenvalue weighted by Crippen LogP contribution is -2.14. The summed E-state index contributed by atoms with van der Waals surface area (Å²) in [6, 6.07) is 3.80. The monoisotopic (exact) mass is 185 g/mol. The van der Waals surface area contributed by atoms with Gasteiger partial charge in [0.05, 0.1) is 5.52 Å². The Morgan fingerprint density at radius 3 is 3.29 bits per heavy atom. The first-order chi connectivity index (χ1) is 6.95. The first kappa shape index (κ1) is 7.32. The molecule has 0 saturated heterocycles. The number of fused-ring (bicyclic) bond motifs is 3. The van der Waals surface area contributed by atoms with Gasteiger partial charge in [0, 0.05) is 23.3 Å². The van der Waals surface area contributed by atoms with E-state index in [1.807, 2.05) is 18.2 Å². The Hall–Kier alpha value is -2.10. The molecule has 4 heteroatoms. The largest absolute Gasteiger partial charge is 0.382 e. The highest BCUT2D eigenvalue weighted by atomic mass is 16.6. The van der Waals surface area contributed by atoms with Crippen molar-refractivity contribution in [2.24, 2.45) is 0 Å². The molecule has 3 rings (SSSR count). The average molecular weight is 185 g/mol. The molecule has 0 fully saturated rings. The Balaban J connectivity index is 2.42. The van der Waals surface area contributed by atoms with Gasteiger partial charge >= 0.3 is 0 Å². The molecule has 0 spiro atoms. The smallest absolute Gasteiger partial charge is 0.163 e. The van der Waals surface area contributed by atoms with E-state index in [1.165, 1.54) is 0 Å². The molecule has 0 atom stereocenters. The topological polar surface area (TPSA) is 47.0 Å². The molecular formula is C10H7N3O. The second-order valence-electron chi connectivity index (χ2n) is 2.99. The molecule has 1 aromatic carbocycles. The second-order valence-corrected chi connectivity index (χ2v) is 2.99. The maximum absolute atomic E-state index is 5.24. The van der Waals surface area contributed by atoms with E-state index in [1.54, 1.807) is 18.7 Å². The van der Waals surface area contributed by atoms with Crippen LogP contribution in [0.5, 0.6) is 5.75 Å². The van der Waals surface area contributed by atoms with Gasteiger partial charge in [-0.3, -0.25) is 0 Å². The highest BCUT2D eigenvalue weighted by Crippen LogP contribution is 2.28. The molecule has 0 bridgehead atoms. The summed E-state index contributed by atoms with van der Waals surface area (Å²) in [6.07, 6.45) is 7.03. The van der Waals surface area contributed by atoms with E-state index in [2.05, 4.69) is 15.4 Å². The summed E-state index contributed by atoms with van der Waals surface area (Å²) >= 11 is 0. The Labute approximate surface area is 80.2 Å². The molecule has 4 nitrogen and oxygen atoms in total. The van der Waals surface area contributed by atoms with Gasteiger partial charge in [0.25, 0.3) is 0 Å². The van der Waals surface area contributed by atoms with Gasteiger partial charge < -0.3 is 4.84 Å². The predicted molar refractivity (Wildman–Crippen MR) is 52.3 cm³/mol. The molecule has 1 N–H and O–H groups in total.